The highest BCUT2D eigenvalue weighted by molar-refractivity contribution is 5.98. The predicted molar refractivity (Wildman–Crippen MR) is 104 cm³/mol. The molecule has 4 heteroatoms. The van der Waals surface area contributed by atoms with Gasteiger partial charge in [0.25, 0.3) is 0 Å². The summed E-state index contributed by atoms with van der Waals surface area (Å²) in [5, 5.41) is 0. The van der Waals surface area contributed by atoms with Crippen LogP contribution in [0.4, 0.5) is 0 Å². The van der Waals surface area contributed by atoms with Gasteiger partial charge in [-0.2, -0.15) is 0 Å². The quantitative estimate of drug-likeness (QED) is 0.519. The first-order valence-electron chi connectivity index (χ1n) is 9.60. The molecule has 0 N–H and O–H groups in total. The van der Waals surface area contributed by atoms with E-state index in [0.717, 1.165) is 5.56 Å². The molecule has 0 bridgehead atoms. The number of Topliss-reactive ketones (excluding diaryl/α,β-unsaturated/α-hetero) is 1. The lowest BCUT2D eigenvalue weighted by atomic mass is 9.84. The van der Waals surface area contributed by atoms with Gasteiger partial charge in [0.15, 0.2) is 19.0 Å². The lowest BCUT2D eigenvalue weighted by molar-refractivity contribution is -0.144. The highest BCUT2D eigenvalue weighted by Gasteiger charge is 2.16. The van der Waals surface area contributed by atoms with Crippen molar-refractivity contribution in [2.45, 2.75) is 44.9 Å². The monoisotopic (exact) mass is 366 g/mol. The van der Waals surface area contributed by atoms with Crippen LogP contribution in [-0.4, -0.2) is 25.0 Å². The summed E-state index contributed by atoms with van der Waals surface area (Å²) in [7, 11) is 0. The lowest BCUT2D eigenvalue weighted by Crippen LogP contribution is -2.19. The van der Waals surface area contributed by atoms with Gasteiger partial charge in [-0.1, -0.05) is 55.7 Å². The van der Waals surface area contributed by atoms with Gasteiger partial charge in [0, 0.05) is 5.56 Å². The van der Waals surface area contributed by atoms with Crippen LogP contribution < -0.4 is 4.74 Å². The highest BCUT2D eigenvalue weighted by Crippen LogP contribution is 2.32. The predicted octanol–water partition coefficient (Wildman–Crippen LogP) is 4.85. The summed E-state index contributed by atoms with van der Waals surface area (Å²) >= 11 is 0. The standard InChI is InChI=1S/C23H26O4/c1-17-6-5-9-21(14-17)26-16-23(25)27-15-22(24)20-12-10-19(11-13-20)18-7-3-2-4-8-18/h5-6,9-14,18H,2-4,7-8,15-16H2,1H3. The van der Waals surface area contributed by atoms with Crippen molar-refractivity contribution in [2.24, 2.45) is 0 Å². The second kappa shape index (κ2) is 9.36. The molecule has 3 rings (SSSR count). The molecule has 0 atom stereocenters. The van der Waals surface area contributed by atoms with E-state index in [9.17, 15) is 9.59 Å². The first-order valence-corrected chi connectivity index (χ1v) is 9.60. The number of rotatable bonds is 7. The maximum atomic E-state index is 12.2. The average Bonchev–Trinajstić information content (AvgIpc) is 2.71. The van der Waals surface area contributed by atoms with Crippen LogP contribution in [0.3, 0.4) is 0 Å². The summed E-state index contributed by atoms with van der Waals surface area (Å²) in [6.07, 6.45) is 6.35. The molecule has 0 radical (unpaired) electrons. The van der Waals surface area contributed by atoms with Gasteiger partial charge in [-0.15, -0.1) is 0 Å². The summed E-state index contributed by atoms with van der Waals surface area (Å²) in [5.74, 6) is 0.467. The molecular formula is C23H26O4. The van der Waals surface area contributed by atoms with Gasteiger partial charge < -0.3 is 9.47 Å². The van der Waals surface area contributed by atoms with E-state index in [1.54, 1.807) is 6.07 Å². The molecule has 0 heterocycles. The molecule has 0 unspecified atom stereocenters. The zero-order valence-corrected chi connectivity index (χ0v) is 15.8. The van der Waals surface area contributed by atoms with Crippen LogP contribution in [0.2, 0.25) is 0 Å². The van der Waals surface area contributed by atoms with Gasteiger partial charge in [-0.25, -0.2) is 4.79 Å². The fraction of sp³-hybridized carbons (Fsp3) is 0.391. The maximum Gasteiger partial charge on any atom is 0.344 e. The van der Waals surface area contributed by atoms with Crippen LogP contribution >= 0.6 is 0 Å². The van der Waals surface area contributed by atoms with Crippen LogP contribution in [0.5, 0.6) is 5.75 Å². The number of esters is 1. The van der Waals surface area contributed by atoms with Crippen LogP contribution in [0.15, 0.2) is 48.5 Å². The van der Waals surface area contributed by atoms with Crippen LogP contribution in [0, 0.1) is 6.92 Å². The van der Waals surface area contributed by atoms with E-state index in [0.29, 0.717) is 17.2 Å². The van der Waals surface area contributed by atoms with E-state index in [2.05, 4.69) is 0 Å². The Balaban J connectivity index is 1.45. The molecule has 27 heavy (non-hydrogen) atoms. The summed E-state index contributed by atoms with van der Waals surface area (Å²) in [5.41, 5.74) is 2.92. The second-order valence-electron chi connectivity index (χ2n) is 7.15. The minimum Gasteiger partial charge on any atom is -0.482 e. The van der Waals surface area contributed by atoms with Crippen molar-refractivity contribution in [1.29, 1.82) is 0 Å². The normalized spacial score (nSPS) is 14.6. The van der Waals surface area contributed by atoms with Crippen LogP contribution in [0.1, 0.15) is 59.5 Å². The number of benzene rings is 2. The molecule has 0 spiro atoms. The number of carbonyl (C=O) groups is 2. The fourth-order valence-electron chi connectivity index (χ4n) is 3.50. The molecule has 1 saturated carbocycles. The number of aryl methyl sites for hydroxylation is 1. The number of hydrogen-bond donors (Lipinski definition) is 0. The maximum absolute atomic E-state index is 12.2. The lowest BCUT2D eigenvalue weighted by Gasteiger charge is -2.22. The average molecular weight is 366 g/mol. The molecule has 0 aliphatic heterocycles. The Morgan fingerprint density at radius 3 is 2.41 bits per heavy atom. The Hall–Kier alpha value is -2.62. The SMILES string of the molecule is Cc1cccc(OCC(=O)OCC(=O)c2ccc(C3CCCCC3)cc2)c1. The van der Waals surface area contributed by atoms with Gasteiger partial charge in [-0.05, 0) is 48.9 Å². The number of ether oxygens (including phenoxy) is 2. The topological polar surface area (TPSA) is 52.6 Å². The van der Waals surface area contributed by atoms with Gasteiger partial charge in [0.1, 0.15) is 5.75 Å². The van der Waals surface area contributed by atoms with E-state index in [1.165, 1.54) is 37.7 Å². The van der Waals surface area contributed by atoms with Crippen LogP contribution in [0.25, 0.3) is 0 Å². The third kappa shape index (κ3) is 5.68. The Morgan fingerprint density at radius 2 is 1.70 bits per heavy atom. The van der Waals surface area contributed by atoms with E-state index in [-0.39, 0.29) is 19.0 Å². The van der Waals surface area contributed by atoms with E-state index >= 15 is 0 Å². The Bertz CT molecular complexity index is 773. The van der Waals surface area contributed by atoms with Crippen molar-refractivity contribution in [3.8, 4) is 5.75 Å². The van der Waals surface area contributed by atoms with Crippen LogP contribution in [-0.2, 0) is 9.53 Å². The zero-order valence-electron chi connectivity index (χ0n) is 15.8. The van der Waals surface area contributed by atoms with Gasteiger partial charge >= 0.3 is 5.97 Å². The molecule has 4 nitrogen and oxygen atoms in total. The summed E-state index contributed by atoms with van der Waals surface area (Å²) in [4.78, 5) is 24.0. The first kappa shape index (κ1) is 19.2. The molecule has 2 aromatic carbocycles. The van der Waals surface area contributed by atoms with Gasteiger partial charge in [0.05, 0.1) is 0 Å². The largest absolute Gasteiger partial charge is 0.482 e. The smallest absolute Gasteiger partial charge is 0.344 e. The highest BCUT2D eigenvalue weighted by atomic mass is 16.6. The number of carbonyl (C=O) groups excluding carboxylic acids is 2. The van der Waals surface area contributed by atoms with E-state index < -0.39 is 5.97 Å². The van der Waals surface area contributed by atoms with Crippen molar-refractivity contribution in [3.63, 3.8) is 0 Å². The van der Waals surface area contributed by atoms with Crippen molar-refractivity contribution in [2.75, 3.05) is 13.2 Å². The van der Waals surface area contributed by atoms with Gasteiger partial charge in [0.2, 0.25) is 0 Å². The third-order valence-electron chi connectivity index (χ3n) is 5.02. The molecule has 1 fully saturated rings. The van der Waals surface area contributed by atoms with E-state index in [4.69, 9.17) is 9.47 Å². The summed E-state index contributed by atoms with van der Waals surface area (Å²) in [6.45, 7) is 1.47. The Kier molecular flexibility index (Phi) is 6.64. The fourth-order valence-corrected chi connectivity index (χ4v) is 3.50. The van der Waals surface area contributed by atoms with Crippen molar-refractivity contribution < 1.29 is 19.1 Å². The minimum atomic E-state index is -0.552. The number of ketones is 1. The van der Waals surface area contributed by atoms with E-state index in [1.807, 2.05) is 49.4 Å². The van der Waals surface area contributed by atoms with Crippen molar-refractivity contribution >= 4 is 11.8 Å². The molecule has 1 aliphatic carbocycles. The van der Waals surface area contributed by atoms with Gasteiger partial charge in [-0.3, -0.25) is 4.79 Å². The molecule has 0 aromatic heterocycles. The molecule has 142 valence electrons. The summed E-state index contributed by atoms with van der Waals surface area (Å²) in [6, 6.07) is 15.2. The summed E-state index contributed by atoms with van der Waals surface area (Å²) < 4.78 is 10.4. The molecule has 1 aliphatic rings. The minimum absolute atomic E-state index is 0.200. The van der Waals surface area contributed by atoms with Crippen molar-refractivity contribution in [1.82, 2.24) is 0 Å². The van der Waals surface area contributed by atoms with Crippen molar-refractivity contribution in [3.05, 3.63) is 65.2 Å². The Morgan fingerprint density at radius 1 is 0.963 bits per heavy atom. The second-order valence-corrected chi connectivity index (χ2v) is 7.15. The zero-order chi connectivity index (χ0) is 19.1. The third-order valence-corrected chi connectivity index (χ3v) is 5.02. The number of hydrogen-bond acceptors (Lipinski definition) is 4. The molecule has 2 aromatic rings. The molecule has 0 amide bonds. The Labute approximate surface area is 160 Å². The first-order chi connectivity index (χ1) is 13.1. The molecular weight excluding hydrogens is 340 g/mol. The molecule has 0 saturated heterocycles.